The first-order chi connectivity index (χ1) is 68.0. The zero-order valence-electron chi connectivity index (χ0n) is 77.2. The summed E-state index contributed by atoms with van der Waals surface area (Å²) in [6.45, 7) is 3.96. The first kappa shape index (κ1) is 104. The molecule has 26 nitrogen and oxygen atoms in total. The van der Waals surface area contributed by atoms with Crippen molar-refractivity contribution in [3.63, 3.8) is 0 Å². The maximum atomic E-state index is 12.9. The largest absolute Gasteiger partial charge is 0.508 e. The minimum atomic E-state index is -0.204. The molecule has 0 radical (unpaired) electrons. The molecule has 15 aromatic carbocycles. The van der Waals surface area contributed by atoms with E-state index in [0.717, 1.165) is 61.6 Å². The van der Waals surface area contributed by atoms with Gasteiger partial charge in [-0.3, -0.25) is 50.5 Å². The Morgan fingerprint density at radius 2 is 0.355 bits per heavy atom. The van der Waals surface area contributed by atoms with E-state index >= 15 is 0 Å². The molecular formula is C111H96N12O14S4. The van der Waals surface area contributed by atoms with Gasteiger partial charge in [-0.25, -0.2) is 0 Å². The summed E-state index contributed by atoms with van der Waals surface area (Å²) in [6.07, 6.45) is 0. The Morgan fingerprint density at radius 1 is 0.213 bits per heavy atom. The Labute approximate surface area is 835 Å². The SMILES string of the molecule is COc1ccc(C(=NNC(N)=S)c2cccc(C(=NNC(N)=S)c3ccc(O)cc3)c2)cc1.COc1ccc(C(=NNC(N)=S)c2cccc(C(=O)c3ccc(C)cc3)c2)cc1.COc1ccc(C(=NNC(N)=S)c2cccc(C(=O)c3ccc(O)cc3)c2)cc1.COc1ccc(C(=O)c2cccc(C(=O)c3ccc(C)cc3)c2)cc1.COc1ccc(C(=O)c2cccc(C(=O)c3ccc(O)cc3)c2)cc1. The normalized spacial score (nSPS) is 10.9. The van der Waals surface area contributed by atoms with Gasteiger partial charge in [-0.2, -0.15) is 20.4 Å². The summed E-state index contributed by atoms with van der Waals surface area (Å²) >= 11 is 19.6. The number of phenols is 3. The number of aromatic hydroxyl groups is 3. The van der Waals surface area contributed by atoms with E-state index in [4.69, 9.17) is 95.5 Å². The van der Waals surface area contributed by atoms with Crippen molar-refractivity contribution >= 4 is 127 Å². The van der Waals surface area contributed by atoms with Gasteiger partial charge >= 0.3 is 0 Å². The minimum absolute atomic E-state index is 0.0311. The van der Waals surface area contributed by atoms with Crippen molar-refractivity contribution in [2.45, 2.75) is 13.8 Å². The van der Waals surface area contributed by atoms with Crippen LogP contribution in [0.5, 0.6) is 46.0 Å². The molecule has 15 aromatic rings. The molecule has 30 heteroatoms. The van der Waals surface area contributed by atoms with Crippen LogP contribution in [0.2, 0.25) is 0 Å². The van der Waals surface area contributed by atoms with Crippen LogP contribution >= 0.6 is 48.9 Å². The van der Waals surface area contributed by atoms with Gasteiger partial charge < -0.3 is 61.9 Å². The molecule has 0 bridgehead atoms. The van der Waals surface area contributed by atoms with E-state index in [1.165, 1.54) is 24.3 Å². The number of nitrogens with two attached hydrogens (primary N) is 4. The number of thiocarbonyl (C=S) groups is 4. The standard InChI is InChI=1S/C23H22N6O2S2.C23H21N3O2S.C22H19N3O3S.C22H18O3.C21H16O4/c1-31-19-11-7-15(8-12-19)21(27-29-23(25)33)17-4-2-3-16(13-17)20(26-28-22(24)32)14-5-9-18(30)10-6-14;1-15-6-8-17(9-7-15)22(27)19-5-3-4-18(14-19)21(25-26-23(24)29)16-10-12-20(28-2)13-11-16;1-28-19-11-7-14(8-12-19)20(24-25-22(23)29)16-3-2-4-17(13-16)21(27)15-5-9-18(26)10-6-15;1-15-6-8-16(9-7-15)21(23)18-4-3-5-19(14-18)22(24)17-10-12-20(25-2)13-11-17;1-25-19-11-7-15(8-12-19)21(24)17-4-2-3-16(13-17)20(23)14-5-9-18(22)10-6-14/h2-13,30H,1H3,(H3,24,28,32)(H3,25,29,33);3-14H,1-2H3,(H3,24,26,29);2-13,26H,1H3,(H3,23,25,29);3-14H,1-2H3;2-13,22H,1H3. The monoisotopic (exact) mass is 1950 g/mol. The van der Waals surface area contributed by atoms with Crippen LogP contribution in [0.3, 0.4) is 0 Å². The lowest BCUT2D eigenvalue weighted by Gasteiger charge is -2.12. The summed E-state index contributed by atoms with van der Waals surface area (Å²) in [5.74, 6) is 3.09. The van der Waals surface area contributed by atoms with Crippen LogP contribution in [0.15, 0.2) is 384 Å². The Morgan fingerprint density at radius 3 is 0.532 bits per heavy atom. The molecule has 0 fully saturated rings. The molecule has 0 aromatic heterocycles. The molecule has 0 saturated heterocycles. The molecule has 0 unspecified atom stereocenters. The van der Waals surface area contributed by atoms with E-state index < -0.39 is 0 Å². The van der Waals surface area contributed by atoms with Crippen molar-refractivity contribution in [2.75, 3.05) is 35.5 Å². The van der Waals surface area contributed by atoms with Crippen molar-refractivity contribution < 1.29 is 67.8 Å². The van der Waals surface area contributed by atoms with Gasteiger partial charge in [0.1, 0.15) is 46.0 Å². The van der Waals surface area contributed by atoms with Crippen LogP contribution in [0, 0.1) is 13.8 Å². The van der Waals surface area contributed by atoms with Crippen LogP contribution in [0.1, 0.15) is 151 Å². The molecule has 0 atom stereocenters. The molecule has 0 heterocycles. The number of nitrogens with zero attached hydrogens (tertiary/aromatic N) is 4. The maximum absolute atomic E-state index is 12.9. The highest BCUT2D eigenvalue weighted by Crippen LogP contribution is 2.28. The topological polar surface area (TPSA) is 411 Å². The van der Waals surface area contributed by atoms with Crippen LogP contribution in [0.4, 0.5) is 0 Å². The maximum Gasteiger partial charge on any atom is 0.193 e. The van der Waals surface area contributed by atoms with E-state index in [1.807, 2.05) is 172 Å². The molecule has 0 aliphatic carbocycles. The molecule has 141 heavy (non-hydrogen) atoms. The second kappa shape index (κ2) is 51.2. The Bertz CT molecular complexity index is 6810. The fourth-order valence-corrected chi connectivity index (χ4v) is 13.8. The van der Waals surface area contributed by atoms with Gasteiger partial charge in [0.2, 0.25) is 0 Å². The second-order valence-electron chi connectivity index (χ2n) is 30.6. The second-order valence-corrected chi connectivity index (χ2v) is 32.4. The lowest BCUT2D eigenvalue weighted by atomic mass is 9.96. The molecule has 0 spiro atoms. The Balaban J connectivity index is 0.000000169. The number of hydrazone groups is 4. The van der Waals surface area contributed by atoms with Gasteiger partial charge in [0.15, 0.2) is 55.1 Å². The molecule has 0 aliphatic heterocycles. The molecule has 0 amide bonds. The van der Waals surface area contributed by atoms with Crippen molar-refractivity contribution in [1.29, 1.82) is 0 Å². The summed E-state index contributed by atoms with van der Waals surface area (Å²) in [4.78, 5) is 76.2. The number of carbonyl (C=O) groups is 6. The van der Waals surface area contributed by atoms with Gasteiger partial charge in [0.25, 0.3) is 0 Å². The first-order valence-electron chi connectivity index (χ1n) is 43.0. The van der Waals surface area contributed by atoms with Gasteiger partial charge in [0, 0.05) is 111 Å². The van der Waals surface area contributed by atoms with Gasteiger partial charge in [-0.05, 0) is 287 Å². The van der Waals surface area contributed by atoms with E-state index in [2.05, 4.69) is 42.1 Å². The van der Waals surface area contributed by atoms with Gasteiger partial charge in [-0.15, -0.1) is 0 Å². The number of ether oxygens (including phenoxy) is 5. The highest BCUT2D eigenvalue weighted by atomic mass is 32.1. The molecule has 0 aliphatic rings. The van der Waals surface area contributed by atoms with E-state index in [1.54, 1.807) is 218 Å². The number of methoxy groups -OCH3 is 5. The molecule has 0 saturated carbocycles. The highest BCUT2D eigenvalue weighted by molar-refractivity contribution is 7.80. The third kappa shape index (κ3) is 30.1. The number of ketones is 6. The third-order valence-electron chi connectivity index (χ3n) is 20.9. The van der Waals surface area contributed by atoms with Crippen molar-refractivity contribution in [3.05, 3.63) is 486 Å². The van der Waals surface area contributed by atoms with Crippen LogP contribution in [-0.2, 0) is 0 Å². The number of carbonyl (C=O) groups excluding carboxylic acids is 6. The van der Waals surface area contributed by atoms with E-state index in [-0.39, 0.29) is 72.4 Å². The third-order valence-corrected chi connectivity index (χ3v) is 21.3. The molecule has 708 valence electrons. The van der Waals surface area contributed by atoms with Crippen molar-refractivity contribution in [2.24, 2.45) is 43.3 Å². The zero-order chi connectivity index (χ0) is 101. The lowest BCUT2D eigenvalue weighted by molar-refractivity contribution is 0.102. The van der Waals surface area contributed by atoms with Crippen LogP contribution in [-0.4, -0.2) is 129 Å². The number of phenolic OH excluding ortho intramolecular Hbond substituents is 3. The average Bonchev–Trinajstić information content (AvgIpc) is 0.832. The molecule has 15 N–H and O–H groups in total. The fourth-order valence-electron chi connectivity index (χ4n) is 13.6. The lowest BCUT2D eigenvalue weighted by Crippen LogP contribution is -2.26. The smallest absolute Gasteiger partial charge is 0.193 e. The zero-order valence-corrected chi connectivity index (χ0v) is 80.5. The molecular weight excluding hydrogens is 1850 g/mol. The number of nitrogens with one attached hydrogen (secondary N) is 4. The Kier molecular flexibility index (Phi) is 37.6. The number of benzene rings is 15. The molecule has 15 rings (SSSR count). The summed E-state index contributed by atoms with van der Waals surface area (Å²) in [5, 5.41) is 46.0. The van der Waals surface area contributed by atoms with Gasteiger partial charge in [0.05, 0.1) is 58.4 Å². The first-order valence-corrected chi connectivity index (χ1v) is 44.7. The summed E-state index contributed by atoms with van der Waals surface area (Å²) in [5.41, 5.74) is 49.7. The Hall–Kier alpha value is -17.8. The summed E-state index contributed by atoms with van der Waals surface area (Å²) in [6, 6.07) is 105. The van der Waals surface area contributed by atoms with Crippen LogP contribution in [0.25, 0.3) is 0 Å². The predicted molar refractivity (Wildman–Crippen MR) is 567 cm³/mol. The summed E-state index contributed by atoms with van der Waals surface area (Å²) < 4.78 is 25.9. The number of hydrogen-bond donors (Lipinski definition) is 11. The van der Waals surface area contributed by atoms with Crippen molar-refractivity contribution in [1.82, 2.24) is 21.7 Å². The number of aryl methyl sites for hydroxylation is 2. The average molecular weight is 1950 g/mol. The van der Waals surface area contributed by atoms with E-state index in [9.17, 15) is 44.1 Å². The number of hydrogen-bond acceptors (Lipinski definition) is 22. The minimum Gasteiger partial charge on any atom is -0.508 e. The summed E-state index contributed by atoms with van der Waals surface area (Å²) in [7, 11) is 7.95. The fraction of sp³-hybridized carbons (Fsp3) is 0.0631. The highest BCUT2D eigenvalue weighted by Gasteiger charge is 2.22. The van der Waals surface area contributed by atoms with E-state index in [0.29, 0.717) is 112 Å². The number of rotatable bonds is 29. The predicted octanol–water partition coefficient (Wildman–Crippen LogP) is 17.9. The quantitative estimate of drug-likeness (QED) is 0.00897. The van der Waals surface area contributed by atoms with Crippen molar-refractivity contribution in [3.8, 4) is 46.0 Å². The van der Waals surface area contributed by atoms with Gasteiger partial charge in [-0.1, -0.05) is 151 Å². The van der Waals surface area contributed by atoms with Crippen LogP contribution < -0.4 is 68.3 Å².